The zero-order valence-electron chi connectivity index (χ0n) is 9.37. The van der Waals surface area contributed by atoms with Gasteiger partial charge in [0.25, 0.3) is 0 Å². The molecule has 0 aliphatic carbocycles. The number of hydrogen-bond donors (Lipinski definition) is 0. The number of Topliss-reactive ketones (excluding diaryl/α,β-unsaturated/α-hetero) is 2. The van der Waals surface area contributed by atoms with Crippen LogP contribution in [0.4, 0.5) is 0 Å². The number of rotatable bonds is 3. The molecule has 0 saturated heterocycles. The first-order valence-corrected chi connectivity index (χ1v) is 4.75. The summed E-state index contributed by atoms with van der Waals surface area (Å²) in [5.74, 6) is -0.645. The van der Waals surface area contributed by atoms with E-state index in [0.29, 0.717) is 11.1 Å². The van der Waals surface area contributed by atoms with Gasteiger partial charge in [0.15, 0.2) is 11.6 Å². The molecule has 1 aromatic rings. The van der Waals surface area contributed by atoms with Crippen molar-refractivity contribution >= 4 is 17.5 Å². The first-order valence-electron chi connectivity index (χ1n) is 4.75. The lowest BCUT2D eigenvalue weighted by Gasteiger charge is -2.05. The molecular weight excluding hydrogens is 208 g/mol. The molecule has 0 bridgehead atoms. The van der Waals surface area contributed by atoms with Crippen molar-refractivity contribution in [2.24, 2.45) is 0 Å². The number of esters is 1. The highest BCUT2D eigenvalue weighted by Gasteiger charge is 2.09. The second-order valence-corrected chi connectivity index (χ2v) is 3.45. The number of carbonyl (C=O) groups is 3. The zero-order valence-corrected chi connectivity index (χ0v) is 9.37. The molecule has 4 heteroatoms. The molecule has 4 nitrogen and oxygen atoms in total. The Kier molecular flexibility index (Phi) is 3.55. The van der Waals surface area contributed by atoms with E-state index in [1.165, 1.54) is 39.0 Å². The van der Waals surface area contributed by atoms with Crippen LogP contribution in [-0.2, 0) is 4.79 Å². The van der Waals surface area contributed by atoms with Crippen molar-refractivity contribution in [3.63, 3.8) is 0 Å². The highest BCUT2D eigenvalue weighted by atomic mass is 16.5. The maximum atomic E-state index is 11.2. The summed E-state index contributed by atoms with van der Waals surface area (Å²) in [6.45, 7) is 4.03. The van der Waals surface area contributed by atoms with E-state index in [1.807, 2.05) is 0 Å². The first kappa shape index (κ1) is 12.1. The van der Waals surface area contributed by atoms with Gasteiger partial charge in [0.05, 0.1) is 0 Å². The minimum absolute atomic E-state index is 0.184. The van der Waals surface area contributed by atoms with Gasteiger partial charge in [0, 0.05) is 18.1 Å². The second-order valence-electron chi connectivity index (χ2n) is 3.45. The summed E-state index contributed by atoms with van der Waals surface area (Å²) in [5.41, 5.74) is 0.702. The lowest BCUT2D eigenvalue weighted by molar-refractivity contribution is -0.131. The summed E-state index contributed by atoms with van der Waals surface area (Å²) in [6.07, 6.45) is 0. The van der Waals surface area contributed by atoms with Crippen LogP contribution in [0.2, 0.25) is 0 Å². The summed E-state index contributed by atoms with van der Waals surface area (Å²) < 4.78 is 4.85. The van der Waals surface area contributed by atoms with Gasteiger partial charge in [-0.3, -0.25) is 14.4 Å². The largest absolute Gasteiger partial charge is 0.427 e. The molecule has 0 aliphatic heterocycles. The quantitative estimate of drug-likeness (QED) is 0.444. The van der Waals surface area contributed by atoms with Crippen LogP contribution in [0.3, 0.4) is 0 Å². The summed E-state index contributed by atoms with van der Waals surface area (Å²) in [6, 6.07) is 4.37. The average molecular weight is 220 g/mol. The molecule has 1 rings (SSSR count). The van der Waals surface area contributed by atoms with Gasteiger partial charge >= 0.3 is 5.97 Å². The zero-order chi connectivity index (χ0) is 12.3. The minimum Gasteiger partial charge on any atom is -0.427 e. The van der Waals surface area contributed by atoms with E-state index in [2.05, 4.69) is 0 Å². The highest BCUT2D eigenvalue weighted by Crippen LogP contribution is 2.18. The molecule has 0 heterocycles. The highest BCUT2D eigenvalue weighted by molar-refractivity contribution is 6.00. The Bertz CT molecular complexity index is 428. The molecule has 0 saturated carbocycles. The van der Waals surface area contributed by atoms with E-state index < -0.39 is 5.97 Å². The van der Waals surface area contributed by atoms with Crippen LogP contribution in [0.15, 0.2) is 18.2 Å². The summed E-state index contributed by atoms with van der Waals surface area (Å²) in [5, 5.41) is 0. The lowest BCUT2D eigenvalue weighted by atomic mass is 10.1. The molecule has 0 spiro atoms. The van der Waals surface area contributed by atoms with Gasteiger partial charge in [0.1, 0.15) is 5.75 Å². The molecule has 0 amide bonds. The van der Waals surface area contributed by atoms with Crippen LogP contribution in [0.25, 0.3) is 0 Å². The van der Waals surface area contributed by atoms with E-state index in [9.17, 15) is 14.4 Å². The molecule has 0 aromatic heterocycles. The number of carbonyl (C=O) groups excluding carboxylic acids is 3. The maximum absolute atomic E-state index is 11.2. The minimum atomic E-state index is -0.491. The monoisotopic (exact) mass is 220 g/mol. The maximum Gasteiger partial charge on any atom is 0.308 e. The van der Waals surface area contributed by atoms with Crippen molar-refractivity contribution < 1.29 is 19.1 Å². The topological polar surface area (TPSA) is 60.4 Å². The van der Waals surface area contributed by atoms with Gasteiger partial charge in [0.2, 0.25) is 0 Å². The van der Waals surface area contributed by atoms with Crippen LogP contribution in [0.1, 0.15) is 41.5 Å². The SMILES string of the molecule is CC(=O)Oc1cc(C(C)=O)cc(C(C)=O)c1. The van der Waals surface area contributed by atoms with Crippen LogP contribution in [0, 0.1) is 0 Å². The Balaban J connectivity index is 3.23. The van der Waals surface area contributed by atoms with Gasteiger partial charge in [-0.25, -0.2) is 0 Å². The predicted octanol–water partition coefficient (Wildman–Crippen LogP) is 2.02. The standard InChI is InChI=1S/C12H12O4/c1-7(13)10-4-11(8(2)14)6-12(5-10)16-9(3)15/h4-6H,1-3H3. The van der Waals surface area contributed by atoms with Crippen molar-refractivity contribution in [2.45, 2.75) is 20.8 Å². The van der Waals surface area contributed by atoms with Crippen LogP contribution >= 0.6 is 0 Å². The summed E-state index contributed by atoms with van der Waals surface area (Å²) in [7, 11) is 0. The van der Waals surface area contributed by atoms with E-state index in [4.69, 9.17) is 4.74 Å². The Hall–Kier alpha value is -1.97. The fraction of sp³-hybridized carbons (Fsp3) is 0.250. The fourth-order valence-corrected chi connectivity index (χ4v) is 1.23. The molecule has 0 unspecified atom stereocenters. The molecule has 0 radical (unpaired) electrons. The molecule has 0 fully saturated rings. The molecule has 16 heavy (non-hydrogen) atoms. The number of hydrogen-bond acceptors (Lipinski definition) is 4. The van der Waals surface area contributed by atoms with Gasteiger partial charge in [-0.05, 0) is 32.0 Å². The van der Waals surface area contributed by atoms with Crippen molar-refractivity contribution in [1.29, 1.82) is 0 Å². The van der Waals surface area contributed by atoms with Crippen LogP contribution < -0.4 is 4.74 Å². The predicted molar refractivity (Wildman–Crippen MR) is 57.8 cm³/mol. The van der Waals surface area contributed by atoms with Gasteiger partial charge in [-0.15, -0.1) is 0 Å². The van der Waals surface area contributed by atoms with E-state index in [0.717, 1.165) is 0 Å². The van der Waals surface area contributed by atoms with E-state index in [-0.39, 0.29) is 17.3 Å². The van der Waals surface area contributed by atoms with Gasteiger partial charge in [-0.2, -0.15) is 0 Å². The smallest absolute Gasteiger partial charge is 0.308 e. The molecular formula is C12H12O4. The molecule has 0 N–H and O–H groups in total. The average Bonchev–Trinajstić information content (AvgIpc) is 2.15. The lowest BCUT2D eigenvalue weighted by Crippen LogP contribution is -2.05. The summed E-state index contributed by atoms with van der Waals surface area (Å²) in [4.78, 5) is 33.2. The van der Waals surface area contributed by atoms with Crippen LogP contribution in [0.5, 0.6) is 5.75 Å². The normalized spacial score (nSPS) is 9.69. The van der Waals surface area contributed by atoms with Crippen molar-refractivity contribution in [2.75, 3.05) is 0 Å². The van der Waals surface area contributed by atoms with Crippen molar-refractivity contribution in [3.05, 3.63) is 29.3 Å². The third-order valence-corrected chi connectivity index (χ3v) is 1.98. The third-order valence-electron chi connectivity index (χ3n) is 1.98. The van der Waals surface area contributed by atoms with Crippen LogP contribution in [-0.4, -0.2) is 17.5 Å². The fourth-order valence-electron chi connectivity index (χ4n) is 1.23. The van der Waals surface area contributed by atoms with Crippen molar-refractivity contribution in [1.82, 2.24) is 0 Å². The number of ketones is 2. The Morgan fingerprint density at radius 2 is 1.31 bits per heavy atom. The first-order chi connectivity index (χ1) is 7.40. The number of benzene rings is 1. The third kappa shape index (κ3) is 3.02. The molecule has 1 aromatic carbocycles. The van der Waals surface area contributed by atoms with E-state index in [1.54, 1.807) is 0 Å². The summed E-state index contributed by atoms with van der Waals surface area (Å²) >= 11 is 0. The van der Waals surface area contributed by atoms with Gasteiger partial charge < -0.3 is 4.74 Å². The number of ether oxygens (including phenoxy) is 1. The van der Waals surface area contributed by atoms with E-state index >= 15 is 0 Å². The Morgan fingerprint density at radius 1 is 0.875 bits per heavy atom. The Morgan fingerprint density at radius 3 is 1.62 bits per heavy atom. The molecule has 0 atom stereocenters. The second kappa shape index (κ2) is 4.70. The molecule has 0 aliphatic rings. The van der Waals surface area contributed by atoms with Crippen molar-refractivity contribution in [3.8, 4) is 5.75 Å². The molecule has 84 valence electrons. The Labute approximate surface area is 93.2 Å². The van der Waals surface area contributed by atoms with Gasteiger partial charge in [-0.1, -0.05) is 0 Å².